The van der Waals surface area contributed by atoms with Crippen molar-refractivity contribution in [1.29, 1.82) is 0 Å². The van der Waals surface area contributed by atoms with Crippen LogP contribution in [-0.4, -0.2) is 18.5 Å². The van der Waals surface area contributed by atoms with Crippen LogP contribution in [0, 0.1) is 0 Å². The van der Waals surface area contributed by atoms with E-state index >= 15 is 0 Å². The summed E-state index contributed by atoms with van der Waals surface area (Å²) < 4.78 is 4.91. The minimum Gasteiger partial charge on any atom is -0.462 e. The Labute approximate surface area is 150 Å². The van der Waals surface area contributed by atoms with Crippen LogP contribution in [0.2, 0.25) is 10.0 Å². The second-order valence-corrected chi connectivity index (χ2v) is 5.93. The molecule has 0 spiro atoms. The molecule has 2 aromatic carbocycles. The molecule has 0 atom stereocenters. The summed E-state index contributed by atoms with van der Waals surface area (Å²) in [6.45, 7) is 2.00. The van der Waals surface area contributed by atoms with Crippen LogP contribution in [0.25, 0.3) is 0 Å². The first-order valence-corrected chi connectivity index (χ1v) is 8.26. The Morgan fingerprint density at radius 3 is 2.42 bits per heavy atom. The van der Waals surface area contributed by atoms with Crippen LogP contribution in [-0.2, 0) is 16.0 Å². The summed E-state index contributed by atoms with van der Waals surface area (Å²) in [5.41, 5.74) is 1.84. The van der Waals surface area contributed by atoms with Gasteiger partial charge in [0.25, 0.3) is 0 Å². The topological polar surface area (TPSA) is 55.4 Å². The summed E-state index contributed by atoms with van der Waals surface area (Å²) in [4.78, 5) is 23.7. The molecule has 2 rings (SSSR count). The zero-order valence-electron chi connectivity index (χ0n) is 13.1. The number of nitrogens with one attached hydrogen (secondary N) is 1. The Morgan fingerprint density at radius 2 is 1.79 bits per heavy atom. The Hall–Kier alpha value is -2.04. The molecule has 6 heteroatoms. The molecule has 0 fully saturated rings. The lowest BCUT2D eigenvalue weighted by Gasteiger charge is -2.08. The number of rotatable bonds is 6. The third-order valence-corrected chi connectivity index (χ3v) is 3.87. The smallest absolute Gasteiger partial charge is 0.339 e. The fourth-order valence-corrected chi connectivity index (χ4v) is 2.48. The number of esters is 1. The molecule has 0 saturated heterocycles. The third-order valence-electron chi connectivity index (χ3n) is 3.30. The van der Waals surface area contributed by atoms with E-state index in [0.717, 1.165) is 5.56 Å². The predicted molar refractivity (Wildman–Crippen MR) is 95.8 cm³/mol. The maximum atomic E-state index is 12.0. The Morgan fingerprint density at radius 1 is 1.08 bits per heavy atom. The van der Waals surface area contributed by atoms with Crippen LogP contribution in [0.15, 0.2) is 42.5 Å². The molecule has 0 aliphatic rings. The van der Waals surface area contributed by atoms with Crippen LogP contribution >= 0.6 is 23.2 Å². The molecule has 0 aliphatic carbocycles. The number of hydrogen-bond acceptors (Lipinski definition) is 3. The van der Waals surface area contributed by atoms with E-state index in [0.29, 0.717) is 23.6 Å². The number of halogens is 2. The van der Waals surface area contributed by atoms with Gasteiger partial charge in [-0.25, -0.2) is 4.79 Å². The number of ether oxygens (including phenoxy) is 1. The van der Waals surface area contributed by atoms with Crippen LogP contribution in [0.5, 0.6) is 0 Å². The summed E-state index contributed by atoms with van der Waals surface area (Å²) in [7, 11) is 0. The summed E-state index contributed by atoms with van der Waals surface area (Å²) in [5.74, 6) is -0.618. The van der Waals surface area contributed by atoms with Gasteiger partial charge in [-0.15, -0.1) is 0 Å². The molecule has 0 unspecified atom stereocenters. The highest BCUT2D eigenvalue weighted by Gasteiger charge is 2.12. The van der Waals surface area contributed by atoms with Crippen molar-refractivity contribution in [3.63, 3.8) is 0 Å². The highest BCUT2D eigenvalue weighted by Crippen LogP contribution is 2.22. The first kappa shape index (κ1) is 18.3. The molecule has 2 aromatic rings. The minimum atomic E-state index is -0.483. The highest BCUT2D eigenvalue weighted by molar-refractivity contribution is 6.34. The van der Waals surface area contributed by atoms with Gasteiger partial charge < -0.3 is 10.1 Å². The van der Waals surface area contributed by atoms with Gasteiger partial charge in [0, 0.05) is 17.1 Å². The first-order chi connectivity index (χ1) is 11.5. The van der Waals surface area contributed by atoms with Gasteiger partial charge >= 0.3 is 5.97 Å². The Balaban J connectivity index is 1.93. The van der Waals surface area contributed by atoms with Gasteiger partial charge in [-0.05, 0) is 49.2 Å². The van der Waals surface area contributed by atoms with Gasteiger partial charge in [0.15, 0.2) is 0 Å². The van der Waals surface area contributed by atoms with Crippen LogP contribution < -0.4 is 5.32 Å². The summed E-state index contributed by atoms with van der Waals surface area (Å²) >= 11 is 11.9. The zero-order valence-corrected chi connectivity index (χ0v) is 14.7. The number of anilines is 1. The van der Waals surface area contributed by atoms with Crippen molar-refractivity contribution in [3.8, 4) is 0 Å². The number of amides is 1. The van der Waals surface area contributed by atoms with Crippen molar-refractivity contribution >= 4 is 40.8 Å². The van der Waals surface area contributed by atoms with Gasteiger partial charge in [0.1, 0.15) is 0 Å². The average molecular weight is 366 g/mol. The number of benzene rings is 2. The molecule has 24 heavy (non-hydrogen) atoms. The van der Waals surface area contributed by atoms with Crippen molar-refractivity contribution in [2.45, 2.75) is 19.8 Å². The second-order valence-electron chi connectivity index (χ2n) is 5.09. The molecule has 0 saturated carbocycles. The highest BCUT2D eigenvalue weighted by atomic mass is 35.5. The third kappa shape index (κ3) is 5.25. The molecule has 0 aromatic heterocycles. The lowest BCUT2D eigenvalue weighted by atomic mass is 10.1. The first-order valence-electron chi connectivity index (χ1n) is 7.50. The largest absolute Gasteiger partial charge is 0.462 e. The molecule has 0 radical (unpaired) electrons. The van der Waals surface area contributed by atoms with E-state index in [9.17, 15) is 9.59 Å². The van der Waals surface area contributed by atoms with E-state index < -0.39 is 5.97 Å². The van der Waals surface area contributed by atoms with Gasteiger partial charge in [0.2, 0.25) is 5.91 Å². The standard InChI is InChI=1S/C18H17Cl2NO3/c1-2-24-18(23)15-9-8-14(11-16(15)20)21-17(22)10-5-12-3-6-13(19)7-4-12/h3-4,6-9,11H,2,5,10H2,1H3,(H,21,22). The number of carbonyl (C=O) groups excluding carboxylic acids is 2. The quantitative estimate of drug-likeness (QED) is 0.752. The van der Waals surface area contributed by atoms with Crippen molar-refractivity contribution < 1.29 is 14.3 Å². The molecule has 1 N–H and O–H groups in total. The van der Waals surface area contributed by atoms with Crippen LogP contribution in [0.3, 0.4) is 0 Å². The van der Waals surface area contributed by atoms with Gasteiger partial charge in [-0.2, -0.15) is 0 Å². The summed E-state index contributed by atoms with van der Waals surface area (Å²) in [6.07, 6.45) is 0.941. The molecular weight excluding hydrogens is 349 g/mol. The van der Waals surface area contributed by atoms with E-state index in [4.69, 9.17) is 27.9 Å². The fraction of sp³-hybridized carbons (Fsp3) is 0.222. The molecule has 0 aliphatic heterocycles. The van der Waals surface area contributed by atoms with Gasteiger partial charge in [0.05, 0.1) is 17.2 Å². The molecule has 4 nitrogen and oxygen atoms in total. The SMILES string of the molecule is CCOC(=O)c1ccc(NC(=O)CCc2ccc(Cl)cc2)cc1Cl. The van der Waals surface area contributed by atoms with Crippen LogP contribution in [0.4, 0.5) is 5.69 Å². The van der Waals surface area contributed by atoms with E-state index in [-0.39, 0.29) is 23.1 Å². The summed E-state index contributed by atoms with van der Waals surface area (Å²) in [6, 6.07) is 12.1. The Kier molecular flexibility index (Phi) is 6.64. The molecule has 126 valence electrons. The van der Waals surface area contributed by atoms with Gasteiger partial charge in [-0.3, -0.25) is 4.79 Å². The fourth-order valence-electron chi connectivity index (χ4n) is 2.10. The van der Waals surface area contributed by atoms with E-state index in [1.54, 1.807) is 25.1 Å². The van der Waals surface area contributed by atoms with Crippen molar-refractivity contribution in [2.75, 3.05) is 11.9 Å². The van der Waals surface area contributed by atoms with Crippen molar-refractivity contribution in [2.24, 2.45) is 0 Å². The lowest BCUT2D eigenvalue weighted by Crippen LogP contribution is -2.13. The normalized spacial score (nSPS) is 10.3. The molecule has 0 bridgehead atoms. The van der Waals surface area contributed by atoms with Crippen LogP contribution in [0.1, 0.15) is 29.3 Å². The van der Waals surface area contributed by atoms with Gasteiger partial charge in [-0.1, -0.05) is 35.3 Å². The van der Waals surface area contributed by atoms with E-state index in [1.807, 2.05) is 12.1 Å². The lowest BCUT2D eigenvalue weighted by molar-refractivity contribution is -0.116. The Bertz CT molecular complexity index is 730. The zero-order chi connectivity index (χ0) is 17.5. The minimum absolute atomic E-state index is 0.134. The maximum Gasteiger partial charge on any atom is 0.339 e. The maximum absolute atomic E-state index is 12.0. The monoisotopic (exact) mass is 365 g/mol. The van der Waals surface area contributed by atoms with E-state index in [2.05, 4.69) is 5.32 Å². The number of hydrogen-bond donors (Lipinski definition) is 1. The average Bonchev–Trinajstić information content (AvgIpc) is 2.54. The van der Waals surface area contributed by atoms with Crippen molar-refractivity contribution in [1.82, 2.24) is 0 Å². The molecule has 0 heterocycles. The predicted octanol–water partition coefficient (Wildman–Crippen LogP) is 4.74. The second kappa shape index (κ2) is 8.71. The van der Waals surface area contributed by atoms with Crippen molar-refractivity contribution in [3.05, 3.63) is 63.6 Å². The van der Waals surface area contributed by atoms with E-state index in [1.165, 1.54) is 12.1 Å². The number of carbonyl (C=O) groups is 2. The molecule has 1 amide bonds. The molecular formula is C18H17Cl2NO3. The number of aryl methyl sites for hydroxylation is 1. The summed E-state index contributed by atoms with van der Waals surface area (Å²) in [5, 5.41) is 3.67.